The molecule has 0 aliphatic carbocycles. The van der Waals surface area contributed by atoms with Gasteiger partial charge in [0.2, 0.25) is 10.0 Å². The van der Waals surface area contributed by atoms with Gasteiger partial charge < -0.3 is 10.1 Å². The van der Waals surface area contributed by atoms with E-state index in [-0.39, 0.29) is 23.1 Å². The van der Waals surface area contributed by atoms with Crippen molar-refractivity contribution >= 4 is 21.6 Å². The number of hydrogen-bond donors (Lipinski definition) is 2. The van der Waals surface area contributed by atoms with E-state index in [1.807, 2.05) is 13.8 Å². The van der Waals surface area contributed by atoms with Crippen LogP contribution in [-0.4, -0.2) is 44.8 Å². The molecule has 1 aromatic rings. The first kappa shape index (κ1) is 15.7. The fourth-order valence-corrected chi connectivity index (χ4v) is 2.62. The van der Waals surface area contributed by atoms with Gasteiger partial charge in [-0.25, -0.2) is 8.42 Å². The van der Waals surface area contributed by atoms with Crippen LogP contribution in [0.4, 0.5) is 5.69 Å². The molecule has 1 fully saturated rings. The van der Waals surface area contributed by atoms with Gasteiger partial charge in [-0.3, -0.25) is 14.5 Å². The van der Waals surface area contributed by atoms with E-state index in [0.717, 1.165) is 6.26 Å². The molecule has 0 radical (unpaired) electrons. The maximum atomic E-state index is 12.2. The molecule has 116 valence electrons. The lowest BCUT2D eigenvalue weighted by Crippen LogP contribution is -2.44. The Morgan fingerprint density at radius 1 is 1.43 bits per heavy atom. The van der Waals surface area contributed by atoms with E-state index in [0.29, 0.717) is 18.8 Å². The highest BCUT2D eigenvalue weighted by molar-refractivity contribution is 7.92. The van der Waals surface area contributed by atoms with Crippen LogP contribution in [0, 0.1) is 5.41 Å². The Balaban J connectivity index is 2.11. The van der Waals surface area contributed by atoms with Crippen molar-refractivity contribution in [3.8, 4) is 0 Å². The Hall–Kier alpha value is -1.67. The van der Waals surface area contributed by atoms with Gasteiger partial charge in [0, 0.05) is 11.6 Å². The lowest BCUT2D eigenvalue weighted by atomic mass is 9.88. The fraction of sp³-hybridized carbons (Fsp3) is 0.538. The van der Waals surface area contributed by atoms with Crippen molar-refractivity contribution in [1.82, 2.24) is 10.3 Å². The molecule has 1 saturated heterocycles. The molecular weight excluding hydrogens is 294 g/mol. The lowest BCUT2D eigenvalue weighted by molar-refractivity contribution is 0.0915. The number of carbonyl (C=O) groups is 1. The zero-order valence-corrected chi connectivity index (χ0v) is 13.0. The first-order valence-corrected chi connectivity index (χ1v) is 8.38. The first-order chi connectivity index (χ1) is 9.67. The number of amides is 1. The van der Waals surface area contributed by atoms with Crippen LogP contribution in [0.1, 0.15) is 24.2 Å². The summed E-state index contributed by atoms with van der Waals surface area (Å²) >= 11 is 0. The molecule has 1 atom stereocenters. The average molecular weight is 313 g/mol. The van der Waals surface area contributed by atoms with E-state index in [4.69, 9.17) is 4.74 Å². The Kier molecular flexibility index (Phi) is 4.20. The minimum Gasteiger partial charge on any atom is -0.379 e. The number of ether oxygens (including phenoxy) is 1. The number of carbonyl (C=O) groups excluding carboxylic acids is 1. The molecule has 0 saturated carbocycles. The zero-order valence-electron chi connectivity index (χ0n) is 12.2. The summed E-state index contributed by atoms with van der Waals surface area (Å²) in [4.78, 5) is 16.1. The molecule has 8 heteroatoms. The minimum absolute atomic E-state index is 0.0866. The molecule has 2 heterocycles. The monoisotopic (exact) mass is 313 g/mol. The molecule has 2 rings (SSSR count). The molecule has 1 unspecified atom stereocenters. The summed E-state index contributed by atoms with van der Waals surface area (Å²) in [5.41, 5.74) is 0.421. The molecule has 1 aromatic heterocycles. The van der Waals surface area contributed by atoms with Crippen molar-refractivity contribution in [3.05, 3.63) is 24.0 Å². The molecule has 0 bridgehead atoms. The van der Waals surface area contributed by atoms with Crippen molar-refractivity contribution in [2.24, 2.45) is 5.41 Å². The highest BCUT2D eigenvalue weighted by Gasteiger charge is 2.36. The van der Waals surface area contributed by atoms with Crippen LogP contribution in [-0.2, 0) is 14.8 Å². The van der Waals surface area contributed by atoms with Gasteiger partial charge in [0.05, 0.1) is 43.0 Å². The number of pyridine rings is 1. The first-order valence-electron chi connectivity index (χ1n) is 6.49. The van der Waals surface area contributed by atoms with Gasteiger partial charge in [-0.15, -0.1) is 0 Å². The van der Waals surface area contributed by atoms with Crippen LogP contribution in [0.25, 0.3) is 0 Å². The van der Waals surface area contributed by atoms with E-state index in [2.05, 4.69) is 15.0 Å². The van der Waals surface area contributed by atoms with Crippen LogP contribution in [0.3, 0.4) is 0 Å². The van der Waals surface area contributed by atoms with E-state index in [1.165, 1.54) is 18.5 Å². The van der Waals surface area contributed by atoms with Crippen LogP contribution in [0.5, 0.6) is 0 Å². The summed E-state index contributed by atoms with van der Waals surface area (Å²) in [5, 5.41) is 2.89. The SMILES string of the molecule is CC1(C)COCC1NC(=O)c1cncc(NS(C)(=O)=O)c1. The van der Waals surface area contributed by atoms with Gasteiger partial charge in [0.1, 0.15) is 0 Å². The number of sulfonamides is 1. The van der Waals surface area contributed by atoms with Gasteiger partial charge in [-0.2, -0.15) is 0 Å². The van der Waals surface area contributed by atoms with Gasteiger partial charge in [0.15, 0.2) is 0 Å². The highest BCUT2D eigenvalue weighted by atomic mass is 32.2. The third kappa shape index (κ3) is 4.15. The molecule has 7 nitrogen and oxygen atoms in total. The smallest absolute Gasteiger partial charge is 0.253 e. The Bertz CT molecular complexity index is 643. The maximum absolute atomic E-state index is 12.2. The van der Waals surface area contributed by atoms with Crippen molar-refractivity contribution in [2.75, 3.05) is 24.2 Å². The second-order valence-electron chi connectivity index (χ2n) is 5.87. The van der Waals surface area contributed by atoms with Crippen molar-refractivity contribution < 1.29 is 17.9 Å². The summed E-state index contributed by atoms with van der Waals surface area (Å²) in [6.45, 7) is 5.09. The topological polar surface area (TPSA) is 97.4 Å². The van der Waals surface area contributed by atoms with Crippen molar-refractivity contribution in [2.45, 2.75) is 19.9 Å². The molecule has 1 aliphatic rings. The van der Waals surface area contributed by atoms with Gasteiger partial charge in [0.25, 0.3) is 5.91 Å². The number of aromatic nitrogens is 1. The molecule has 2 N–H and O–H groups in total. The molecule has 1 amide bonds. The van der Waals surface area contributed by atoms with Gasteiger partial charge in [-0.05, 0) is 6.07 Å². The van der Waals surface area contributed by atoms with Crippen molar-refractivity contribution in [3.63, 3.8) is 0 Å². The Labute approximate surface area is 124 Å². The lowest BCUT2D eigenvalue weighted by Gasteiger charge is -2.25. The maximum Gasteiger partial charge on any atom is 0.253 e. The minimum atomic E-state index is -3.40. The van der Waals surface area contributed by atoms with E-state index in [1.54, 1.807) is 0 Å². The Morgan fingerprint density at radius 2 is 2.14 bits per heavy atom. The normalized spacial score (nSPS) is 21.0. The highest BCUT2D eigenvalue weighted by Crippen LogP contribution is 2.27. The zero-order chi connectivity index (χ0) is 15.7. The second-order valence-corrected chi connectivity index (χ2v) is 7.61. The fourth-order valence-electron chi connectivity index (χ4n) is 2.08. The summed E-state index contributed by atoms with van der Waals surface area (Å²) in [6, 6.07) is 1.36. The average Bonchev–Trinajstić information content (AvgIpc) is 2.67. The van der Waals surface area contributed by atoms with Crippen molar-refractivity contribution in [1.29, 1.82) is 0 Å². The quantitative estimate of drug-likeness (QED) is 0.848. The molecule has 0 aromatic carbocycles. The second kappa shape index (κ2) is 5.61. The summed E-state index contributed by atoms with van der Waals surface area (Å²) in [5.74, 6) is -0.303. The van der Waals surface area contributed by atoms with E-state index >= 15 is 0 Å². The Morgan fingerprint density at radius 3 is 2.71 bits per heavy atom. The summed E-state index contributed by atoms with van der Waals surface area (Å²) in [6.07, 6.45) is 3.78. The molecule has 21 heavy (non-hydrogen) atoms. The van der Waals surface area contributed by atoms with E-state index < -0.39 is 10.0 Å². The summed E-state index contributed by atoms with van der Waals surface area (Å²) in [7, 11) is -3.40. The van der Waals surface area contributed by atoms with Gasteiger partial charge in [-0.1, -0.05) is 13.8 Å². The van der Waals surface area contributed by atoms with Gasteiger partial charge >= 0.3 is 0 Å². The molecule has 0 spiro atoms. The van der Waals surface area contributed by atoms with Crippen LogP contribution < -0.4 is 10.0 Å². The summed E-state index contributed by atoms with van der Waals surface area (Å²) < 4.78 is 30.0. The number of nitrogens with one attached hydrogen (secondary N) is 2. The molecular formula is C13H19N3O4S. The standard InChI is InChI=1S/C13H19N3O4S/c1-13(2)8-20-7-11(13)15-12(17)9-4-10(6-14-5-9)16-21(3,18)19/h4-6,11,16H,7-8H2,1-3H3,(H,15,17). The third-order valence-electron chi connectivity index (χ3n) is 3.31. The van der Waals surface area contributed by atoms with Crippen LogP contribution >= 0.6 is 0 Å². The number of anilines is 1. The number of hydrogen-bond acceptors (Lipinski definition) is 5. The number of rotatable bonds is 4. The van der Waals surface area contributed by atoms with Crippen LogP contribution in [0.2, 0.25) is 0 Å². The largest absolute Gasteiger partial charge is 0.379 e. The predicted molar refractivity (Wildman–Crippen MR) is 78.6 cm³/mol. The predicted octanol–water partition coefficient (Wildman–Crippen LogP) is 0.608. The number of nitrogens with zero attached hydrogens (tertiary/aromatic N) is 1. The van der Waals surface area contributed by atoms with Crippen LogP contribution in [0.15, 0.2) is 18.5 Å². The van der Waals surface area contributed by atoms with E-state index in [9.17, 15) is 13.2 Å². The molecule has 1 aliphatic heterocycles. The third-order valence-corrected chi connectivity index (χ3v) is 3.92.